The Morgan fingerprint density at radius 3 is 2.79 bits per heavy atom. The van der Waals surface area contributed by atoms with E-state index in [0.717, 1.165) is 17.3 Å². The van der Waals surface area contributed by atoms with Gasteiger partial charge in [-0.2, -0.15) is 13.2 Å². The van der Waals surface area contributed by atoms with Crippen molar-refractivity contribution >= 4 is 22.6 Å². The highest BCUT2D eigenvalue weighted by Crippen LogP contribution is 2.33. The monoisotopic (exact) mass is 404 g/mol. The summed E-state index contributed by atoms with van der Waals surface area (Å²) >= 11 is 0. The van der Waals surface area contributed by atoms with Crippen LogP contribution in [0.1, 0.15) is 40.0 Å². The number of hydrogen-bond acceptors (Lipinski definition) is 5. The zero-order valence-electron chi connectivity index (χ0n) is 16.0. The molecule has 5 nitrogen and oxygen atoms in total. The first-order valence-corrected chi connectivity index (χ1v) is 9.29. The van der Waals surface area contributed by atoms with E-state index >= 15 is 0 Å². The summed E-state index contributed by atoms with van der Waals surface area (Å²) in [5, 5.41) is 0.626. The van der Waals surface area contributed by atoms with Crippen LogP contribution in [0.4, 0.5) is 18.9 Å². The topological polar surface area (TPSA) is 55.6 Å². The van der Waals surface area contributed by atoms with Crippen LogP contribution in [-0.4, -0.2) is 24.1 Å². The van der Waals surface area contributed by atoms with Crippen molar-refractivity contribution in [1.29, 1.82) is 0 Å². The van der Waals surface area contributed by atoms with Gasteiger partial charge in [0.1, 0.15) is 22.6 Å². The van der Waals surface area contributed by atoms with Crippen molar-refractivity contribution in [1.82, 2.24) is 4.98 Å². The van der Waals surface area contributed by atoms with Crippen molar-refractivity contribution < 1.29 is 27.1 Å². The molecule has 29 heavy (non-hydrogen) atoms. The Morgan fingerprint density at radius 2 is 2.07 bits per heavy atom. The number of benzene rings is 1. The molecule has 0 unspecified atom stereocenters. The molecule has 0 amide bonds. The van der Waals surface area contributed by atoms with Crippen molar-refractivity contribution in [3.05, 3.63) is 58.6 Å². The lowest BCUT2D eigenvalue weighted by molar-refractivity contribution is -0.141. The number of fused-ring (bicyclic) bond motifs is 2. The van der Waals surface area contributed by atoms with E-state index in [2.05, 4.69) is 4.98 Å². The second kappa shape index (κ2) is 7.09. The lowest BCUT2D eigenvalue weighted by Gasteiger charge is -2.30. The van der Waals surface area contributed by atoms with Gasteiger partial charge in [-0.15, -0.1) is 0 Å². The van der Waals surface area contributed by atoms with Gasteiger partial charge in [0, 0.05) is 17.6 Å². The fourth-order valence-electron chi connectivity index (χ4n) is 3.65. The lowest BCUT2D eigenvalue weighted by Crippen LogP contribution is -2.31. The van der Waals surface area contributed by atoms with Gasteiger partial charge in [-0.05, 0) is 50.1 Å². The molecule has 0 saturated carbocycles. The smallest absolute Gasteiger partial charge is 0.433 e. The molecule has 2 aromatic heterocycles. The molecule has 3 aromatic rings. The number of furan rings is 1. The maximum atomic E-state index is 13.0. The fourth-order valence-corrected chi connectivity index (χ4v) is 3.65. The highest BCUT2D eigenvalue weighted by molar-refractivity contribution is 6.05. The number of rotatable bonds is 3. The van der Waals surface area contributed by atoms with E-state index in [1.165, 1.54) is 6.07 Å². The van der Waals surface area contributed by atoms with Gasteiger partial charge in [-0.25, -0.2) is 9.78 Å². The molecule has 3 heterocycles. The van der Waals surface area contributed by atoms with Gasteiger partial charge in [0.15, 0.2) is 0 Å². The molecule has 1 aromatic carbocycles. The number of carbonyl (C=O) groups is 1. The van der Waals surface area contributed by atoms with Crippen LogP contribution in [0.25, 0.3) is 11.0 Å². The molecular weight excluding hydrogens is 385 g/mol. The zero-order valence-corrected chi connectivity index (χ0v) is 16.0. The molecule has 0 bridgehead atoms. The van der Waals surface area contributed by atoms with Crippen LogP contribution in [0.5, 0.6) is 0 Å². The fraction of sp³-hybridized carbons (Fsp3) is 0.333. The molecule has 0 saturated heterocycles. The third-order valence-corrected chi connectivity index (χ3v) is 5.04. The molecule has 0 spiro atoms. The van der Waals surface area contributed by atoms with Crippen LogP contribution in [0.3, 0.4) is 0 Å². The second-order valence-electron chi connectivity index (χ2n) is 6.91. The number of aromatic nitrogens is 1. The predicted molar refractivity (Wildman–Crippen MR) is 101 cm³/mol. The van der Waals surface area contributed by atoms with E-state index in [0.29, 0.717) is 41.0 Å². The minimum Gasteiger partial charge on any atom is -0.462 e. The number of halogens is 3. The quantitative estimate of drug-likeness (QED) is 0.582. The molecular formula is C21H19F3N2O3. The molecule has 8 heteroatoms. The van der Waals surface area contributed by atoms with Crippen LogP contribution >= 0.6 is 0 Å². The Morgan fingerprint density at radius 1 is 1.28 bits per heavy atom. The van der Waals surface area contributed by atoms with E-state index in [1.54, 1.807) is 19.9 Å². The lowest BCUT2D eigenvalue weighted by atomic mass is 10.0. The maximum absolute atomic E-state index is 13.0. The summed E-state index contributed by atoms with van der Waals surface area (Å²) in [6, 6.07) is 7.94. The number of anilines is 1. The largest absolute Gasteiger partial charge is 0.462 e. The number of esters is 1. The second-order valence-corrected chi connectivity index (χ2v) is 6.91. The van der Waals surface area contributed by atoms with Gasteiger partial charge in [-0.3, -0.25) is 0 Å². The summed E-state index contributed by atoms with van der Waals surface area (Å²) in [5.74, 6) is 0.0115. The van der Waals surface area contributed by atoms with Gasteiger partial charge in [-0.1, -0.05) is 6.07 Å². The summed E-state index contributed by atoms with van der Waals surface area (Å²) in [6.07, 6.45) is -3.88. The summed E-state index contributed by atoms with van der Waals surface area (Å²) in [5.41, 5.74) is 2.07. The molecule has 0 radical (unpaired) electrons. The highest BCUT2D eigenvalue weighted by atomic mass is 19.4. The summed E-state index contributed by atoms with van der Waals surface area (Å²) < 4.78 is 49.8. The third kappa shape index (κ3) is 3.54. The van der Waals surface area contributed by atoms with Gasteiger partial charge in [0.2, 0.25) is 0 Å². The highest BCUT2D eigenvalue weighted by Gasteiger charge is 2.33. The Bertz CT molecular complexity index is 1090. The van der Waals surface area contributed by atoms with E-state index in [9.17, 15) is 18.0 Å². The number of ether oxygens (including phenoxy) is 1. The Hall–Kier alpha value is -3.03. The number of aryl methyl sites for hydroxylation is 1. The first kappa shape index (κ1) is 19.3. The molecule has 0 N–H and O–H groups in total. The van der Waals surface area contributed by atoms with Crippen LogP contribution in [0.15, 0.2) is 34.7 Å². The third-order valence-electron chi connectivity index (χ3n) is 5.04. The molecule has 4 rings (SSSR count). The minimum absolute atomic E-state index is 0.251. The number of nitrogens with zero attached hydrogens (tertiary/aromatic N) is 2. The summed E-state index contributed by atoms with van der Waals surface area (Å²) in [7, 11) is 0. The molecule has 152 valence electrons. The number of carbonyl (C=O) groups excluding carboxylic acids is 1. The molecule has 0 aliphatic carbocycles. The van der Waals surface area contributed by atoms with Crippen LogP contribution in [0, 0.1) is 6.92 Å². The average molecular weight is 404 g/mol. The normalized spacial score (nSPS) is 14.2. The van der Waals surface area contributed by atoms with Crippen molar-refractivity contribution in [2.45, 2.75) is 33.0 Å². The summed E-state index contributed by atoms with van der Waals surface area (Å²) in [6.45, 7) is 4.58. The van der Waals surface area contributed by atoms with Crippen LogP contribution < -0.4 is 4.90 Å². The first-order valence-electron chi connectivity index (χ1n) is 9.29. The van der Waals surface area contributed by atoms with E-state index in [4.69, 9.17) is 9.15 Å². The predicted octanol–water partition coefficient (Wildman–Crippen LogP) is 4.89. The Labute approximate surface area is 165 Å². The number of pyridine rings is 1. The summed E-state index contributed by atoms with van der Waals surface area (Å²) in [4.78, 5) is 18.1. The van der Waals surface area contributed by atoms with Gasteiger partial charge in [0.05, 0.1) is 18.8 Å². The SMILES string of the molecule is CCOC(=O)c1c(C)oc2ccc(N3CCc4ccc(C(F)(F)F)nc4C3)cc12. The molecule has 0 atom stereocenters. The van der Waals surface area contributed by atoms with Gasteiger partial charge >= 0.3 is 12.1 Å². The van der Waals surface area contributed by atoms with E-state index in [1.807, 2.05) is 17.0 Å². The molecule has 0 fully saturated rings. The van der Waals surface area contributed by atoms with E-state index < -0.39 is 17.8 Å². The standard InChI is InChI=1S/C21H19F3N2O3/c1-3-28-20(27)19-12(2)29-17-6-5-14(10-15(17)19)26-9-8-13-4-7-18(21(22,23)24)25-16(13)11-26/h4-7,10H,3,8-9,11H2,1-2H3. The van der Waals surface area contributed by atoms with Gasteiger partial charge < -0.3 is 14.1 Å². The van der Waals surface area contributed by atoms with Crippen molar-refractivity contribution in [2.24, 2.45) is 0 Å². The van der Waals surface area contributed by atoms with Crippen molar-refractivity contribution in [3.63, 3.8) is 0 Å². The molecule has 1 aliphatic rings. The van der Waals surface area contributed by atoms with E-state index in [-0.39, 0.29) is 13.2 Å². The number of alkyl halides is 3. The zero-order chi connectivity index (χ0) is 20.8. The van der Waals surface area contributed by atoms with Crippen LogP contribution in [0.2, 0.25) is 0 Å². The van der Waals surface area contributed by atoms with Gasteiger partial charge in [0.25, 0.3) is 0 Å². The average Bonchev–Trinajstić information content (AvgIpc) is 3.01. The molecule has 1 aliphatic heterocycles. The maximum Gasteiger partial charge on any atom is 0.433 e. The minimum atomic E-state index is -4.47. The number of hydrogen-bond donors (Lipinski definition) is 0. The Balaban J connectivity index is 1.69. The van der Waals surface area contributed by atoms with Crippen molar-refractivity contribution in [2.75, 3.05) is 18.1 Å². The van der Waals surface area contributed by atoms with Crippen molar-refractivity contribution in [3.8, 4) is 0 Å². The first-order chi connectivity index (χ1) is 13.8. The van der Waals surface area contributed by atoms with Crippen LogP contribution in [-0.2, 0) is 23.9 Å². The Kier molecular flexibility index (Phi) is 4.72.